The van der Waals surface area contributed by atoms with Crippen molar-refractivity contribution in [2.75, 3.05) is 5.32 Å². The summed E-state index contributed by atoms with van der Waals surface area (Å²) in [6.45, 7) is 0.0831. The van der Waals surface area contributed by atoms with E-state index in [0.717, 1.165) is 5.56 Å². The van der Waals surface area contributed by atoms with E-state index in [4.69, 9.17) is 0 Å². The first kappa shape index (κ1) is 20.9. The number of fused-ring (bicyclic) bond motifs is 1. The lowest BCUT2D eigenvalue weighted by Crippen LogP contribution is -2.32. The average molecular weight is 430 g/mol. The maximum Gasteiger partial charge on any atom is 0.269 e. The van der Waals surface area contributed by atoms with Crippen molar-refractivity contribution in [2.45, 2.75) is 13.1 Å². The molecule has 3 aromatic carbocycles. The van der Waals surface area contributed by atoms with Gasteiger partial charge in [-0.25, -0.2) is 9.37 Å². The standard InChI is InChI=1S/C24H19FN4O3/c25-18-10-8-17(9-11-18)24(32)28-19-5-3-4-16(12-19)13-27-22(30)15-29-21-7-2-1-6-20(21)26-14-23(29)31/h1-12,14H,13,15H2,(H,27,30)(H,28,32). The Morgan fingerprint density at radius 3 is 2.56 bits per heavy atom. The molecule has 4 aromatic rings. The van der Waals surface area contributed by atoms with Crippen LogP contribution in [0.1, 0.15) is 15.9 Å². The summed E-state index contributed by atoms with van der Waals surface area (Å²) in [6.07, 6.45) is 1.20. The monoisotopic (exact) mass is 430 g/mol. The van der Waals surface area contributed by atoms with Crippen molar-refractivity contribution in [3.8, 4) is 0 Å². The number of nitrogens with zero attached hydrogens (tertiary/aromatic N) is 2. The average Bonchev–Trinajstić information content (AvgIpc) is 2.80. The third-order valence-electron chi connectivity index (χ3n) is 4.84. The van der Waals surface area contributed by atoms with Gasteiger partial charge in [-0.1, -0.05) is 24.3 Å². The van der Waals surface area contributed by atoms with Crippen LogP contribution in [0.3, 0.4) is 0 Å². The molecule has 2 amide bonds. The molecule has 0 unspecified atom stereocenters. The molecule has 0 aliphatic carbocycles. The molecular formula is C24H19FN4O3. The minimum absolute atomic E-state index is 0.136. The Balaban J connectivity index is 1.40. The lowest BCUT2D eigenvalue weighted by atomic mass is 10.1. The van der Waals surface area contributed by atoms with Crippen LogP contribution in [-0.2, 0) is 17.9 Å². The Labute approximate surface area is 182 Å². The number of para-hydroxylation sites is 2. The molecule has 0 atom stereocenters. The highest BCUT2D eigenvalue weighted by atomic mass is 19.1. The molecule has 0 aliphatic heterocycles. The molecule has 7 nitrogen and oxygen atoms in total. The number of nitrogens with one attached hydrogen (secondary N) is 2. The molecule has 32 heavy (non-hydrogen) atoms. The molecule has 1 heterocycles. The number of aromatic nitrogens is 2. The van der Waals surface area contributed by atoms with Crippen LogP contribution in [0, 0.1) is 5.82 Å². The van der Waals surface area contributed by atoms with Gasteiger partial charge in [0.2, 0.25) is 5.91 Å². The number of hydrogen-bond acceptors (Lipinski definition) is 4. The fourth-order valence-corrected chi connectivity index (χ4v) is 3.24. The summed E-state index contributed by atoms with van der Waals surface area (Å²) in [5, 5.41) is 5.53. The van der Waals surface area contributed by atoms with Crippen molar-refractivity contribution < 1.29 is 14.0 Å². The number of amides is 2. The van der Waals surface area contributed by atoms with Crippen LogP contribution in [0.5, 0.6) is 0 Å². The number of hydrogen-bond donors (Lipinski definition) is 2. The van der Waals surface area contributed by atoms with Crippen molar-refractivity contribution >= 4 is 28.5 Å². The fourth-order valence-electron chi connectivity index (χ4n) is 3.24. The predicted octanol–water partition coefficient (Wildman–Crippen LogP) is 3.10. The Hall–Kier alpha value is -4.33. The molecule has 0 bridgehead atoms. The molecule has 8 heteroatoms. The highest BCUT2D eigenvalue weighted by molar-refractivity contribution is 6.04. The van der Waals surface area contributed by atoms with Gasteiger partial charge in [-0.15, -0.1) is 0 Å². The number of rotatable bonds is 6. The summed E-state index contributed by atoms with van der Waals surface area (Å²) < 4.78 is 14.4. The molecular weight excluding hydrogens is 411 g/mol. The third-order valence-corrected chi connectivity index (χ3v) is 4.84. The van der Waals surface area contributed by atoms with Crippen LogP contribution in [0.2, 0.25) is 0 Å². The highest BCUT2D eigenvalue weighted by Crippen LogP contribution is 2.13. The quantitative estimate of drug-likeness (QED) is 0.492. The lowest BCUT2D eigenvalue weighted by molar-refractivity contribution is -0.121. The molecule has 0 radical (unpaired) electrons. The number of benzene rings is 3. The maximum atomic E-state index is 13.0. The van der Waals surface area contributed by atoms with E-state index in [0.29, 0.717) is 22.3 Å². The maximum absolute atomic E-state index is 13.0. The van der Waals surface area contributed by atoms with E-state index in [1.165, 1.54) is 35.0 Å². The van der Waals surface area contributed by atoms with Crippen molar-refractivity contribution in [3.63, 3.8) is 0 Å². The zero-order valence-corrected chi connectivity index (χ0v) is 16.9. The Kier molecular flexibility index (Phi) is 6.03. The first-order valence-corrected chi connectivity index (χ1v) is 9.87. The summed E-state index contributed by atoms with van der Waals surface area (Å²) in [7, 11) is 0. The Bertz CT molecular complexity index is 1350. The van der Waals surface area contributed by atoms with E-state index in [-0.39, 0.29) is 30.5 Å². The van der Waals surface area contributed by atoms with Gasteiger partial charge in [-0.3, -0.25) is 19.0 Å². The number of anilines is 1. The summed E-state index contributed by atoms with van der Waals surface area (Å²) in [4.78, 5) is 41.0. The summed E-state index contributed by atoms with van der Waals surface area (Å²) in [5.41, 5.74) is 2.50. The van der Waals surface area contributed by atoms with E-state index >= 15 is 0 Å². The Morgan fingerprint density at radius 1 is 0.969 bits per heavy atom. The first-order valence-electron chi connectivity index (χ1n) is 9.87. The van der Waals surface area contributed by atoms with Crippen LogP contribution >= 0.6 is 0 Å². The lowest BCUT2D eigenvalue weighted by Gasteiger charge is -2.11. The normalized spacial score (nSPS) is 10.7. The molecule has 1 aromatic heterocycles. The predicted molar refractivity (Wildman–Crippen MR) is 119 cm³/mol. The molecule has 2 N–H and O–H groups in total. The van der Waals surface area contributed by atoms with Gasteiger partial charge in [0.05, 0.1) is 17.2 Å². The van der Waals surface area contributed by atoms with Crippen LogP contribution < -0.4 is 16.2 Å². The van der Waals surface area contributed by atoms with Crippen molar-refractivity contribution in [1.29, 1.82) is 0 Å². The number of halogens is 1. The zero-order valence-electron chi connectivity index (χ0n) is 16.9. The smallest absolute Gasteiger partial charge is 0.269 e. The van der Waals surface area contributed by atoms with Gasteiger partial charge in [-0.05, 0) is 54.1 Å². The topological polar surface area (TPSA) is 93.1 Å². The van der Waals surface area contributed by atoms with Gasteiger partial charge in [0, 0.05) is 17.8 Å². The first-order chi connectivity index (χ1) is 15.5. The van der Waals surface area contributed by atoms with Gasteiger partial charge in [0.1, 0.15) is 12.4 Å². The van der Waals surface area contributed by atoms with E-state index in [1.807, 2.05) is 12.1 Å². The molecule has 0 saturated heterocycles. The molecule has 160 valence electrons. The molecule has 0 fully saturated rings. The molecule has 0 saturated carbocycles. The van der Waals surface area contributed by atoms with Crippen LogP contribution in [0.25, 0.3) is 11.0 Å². The summed E-state index contributed by atoms with van der Waals surface area (Å²) >= 11 is 0. The van der Waals surface area contributed by atoms with Crippen LogP contribution in [-0.4, -0.2) is 21.4 Å². The largest absolute Gasteiger partial charge is 0.350 e. The summed E-state index contributed by atoms with van der Waals surface area (Å²) in [5.74, 6) is -1.11. The second-order valence-corrected chi connectivity index (χ2v) is 7.11. The van der Waals surface area contributed by atoms with Gasteiger partial charge in [0.25, 0.3) is 11.5 Å². The van der Waals surface area contributed by atoms with Gasteiger partial charge >= 0.3 is 0 Å². The van der Waals surface area contributed by atoms with Crippen molar-refractivity contribution in [2.24, 2.45) is 0 Å². The van der Waals surface area contributed by atoms with Crippen LogP contribution in [0.15, 0.2) is 83.8 Å². The van der Waals surface area contributed by atoms with E-state index < -0.39 is 5.82 Å². The minimum Gasteiger partial charge on any atom is -0.350 e. The van der Waals surface area contributed by atoms with Crippen LogP contribution in [0.4, 0.5) is 10.1 Å². The van der Waals surface area contributed by atoms with Crippen molar-refractivity contribution in [1.82, 2.24) is 14.9 Å². The SMILES string of the molecule is O=C(Cn1c(=O)cnc2ccccc21)NCc1cccc(NC(=O)c2ccc(F)cc2)c1. The van der Waals surface area contributed by atoms with Crippen molar-refractivity contribution in [3.05, 3.63) is 106 Å². The van der Waals surface area contributed by atoms with Gasteiger partial charge in [0.15, 0.2) is 0 Å². The van der Waals surface area contributed by atoms with Gasteiger partial charge < -0.3 is 10.6 Å². The number of carbonyl (C=O) groups excluding carboxylic acids is 2. The van der Waals surface area contributed by atoms with Gasteiger partial charge in [-0.2, -0.15) is 0 Å². The minimum atomic E-state index is -0.415. The zero-order chi connectivity index (χ0) is 22.5. The molecule has 4 rings (SSSR count). The molecule has 0 aliphatic rings. The van der Waals surface area contributed by atoms with E-state index in [2.05, 4.69) is 15.6 Å². The second kappa shape index (κ2) is 9.22. The Morgan fingerprint density at radius 2 is 1.75 bits per heavy atom. The molecule has 0 spiro atoms. The fraction of sp³-hybridized carbons (Fsp3) is 0.0833. The third kappa shape index (κ3) is 4.86. The van der Waals surface area contributed by atoms with E-state index in [1.54, 1.807) is 36.4 Å². The number of carbonyl (C=O) groups is 2. The van der Waals surface area contributed by atoms with E-state index in [9.17, 15) is 18.8 Å². The summed E-state index contributed by atoms with van der Waals surface area (Å²) in [6, 6.07) is 19.4. The highest BCUT2D eigenvalue weighted by Gasteiger charge is 2.10. The second-order valence-electron chi connectivity index (χ2n) is 7.11.